The molecule has 0 heterocycles. The van der Waals surface area contributed by atoms with Gasteiger partial charge in [-0.15, -0.1) is 0 Å². The number of rotatable bonds is 7. The van der Waals surface area contributed by atoms with Crippen LogP contribution in [-0.2, 0) is 22.6 Å². The SMILES string of the molecule is CC(C)NC(=O)[C@@H](C)N(Cc1cccc(Cl)c1)C(=O)Cc1ccc(Cl)c(Cl)c1. The minimum atomic E-state index is -0.642. The summed E-state index contributed by atoms with van der Waals surface area (Å²) in [6.45, 7) is 5.75. The van der Waals surface area contributed by atoms with E-state index in [2.05, 4.69) is 5.32 Å². The number of carbonyl (C=O) groups is 2. The van der Waals surface area contributed by atoms with E-state index < -0.39 is 6.04 Å². The first-order valence-electron chi connectivity index (χ1n) is 8.95. The minimum absolute atomic E-state index is 0.0202. The number of hydrogen-bond donors (Lipinski definition) is 1. The Kier molecular flexibility index (Phi) is 8.17. The highest BCUT2D eigenvalue weighted by Gasteiger charge is 2.26. The first-order valence-corrected chi connectivity index (χ1v) is 10.1. The van der Waals surface area contributed by atoms with Crippen molar-refractivity contribution in [2.75, 3.05) is 0 Å². The maximum atomic E-state index is 13.1. The van der Waals surface area contributed by atoms with Gasteiger partial charge in [-0.25, -0.2) is 0 Å². The Balaban J connectivity index is 2.26. The van der Waals surface area contributed by atoms with Crippen LogP contribution in [0, 0.1) is 0 Å². The highest BCUT2D eigenvalue weighted by atomic mass is 35.5. The Hall–Kier alpha value is -1.75. The molecule has 2 amide bonds. The first kappa shape index (κ1) is 22.5. The third-order valence-electron chi connectivity index (χ3n) is 4.18. The van der Waals surface area contributed by atoms with E-state index >= 15 is 0 Å². The van der Waals surface area contributed by atoms with Gasteiger partial charge >= 0.3 is 0 Å². The predicted octanol–water partition coefficient (Wildman–Crippen LogP) is 5.13. The molecule has 1 atom stereocenters. The van der Waals surface area contributed by atoms with E-state index in [1.165, 1.54) is 0 Å². The van der Waals surface area contributed by atoms with Gasteiger partial charge in [-0.1, -0.05) is 53.0 Å². The molecule has 28 heavy (non-hydrogen) atoms. The van der Waals surface area contributed by atoms with E-state index in [1.807, 2.05) is 26.0 Å². The van der Waals surface area contributed by atoms with Gasteiger partial charge in [0, 0.05) is 17.6 Å². The molecule has 0 spiro atoms. The van der Waals surface area contributed by atoms with Crippen LogP contribution in [0.15, 0.2) is 42.5 Å². The van der Waals surface area contributed by atoms with Crippen LogP contribution in [0.2, 0.25) is 15.1 Å². The average Bonchev–Trinajstić information content (AvgIpc) is 2.61. The molecule has 7 heteroatoms. The molecule has 0 bridgehead atoms. The fourth-order valence-electron chi connectivity index (χ4n) is 2.75. The van der Waals surface area contributed by atoms with Crippen LogP contribution in [0.1, 0.15) is 31.9 Å². The van der Waals surface area contributed by atoms with E-state index in [9.17, 15) is 9.59 Å². The van der Waals surface area contributed by atoms with E-state index in [0.717, 1.165) is 11.1 Å². The second-order valence-electron chi connectivity index (χ2n) is 6.92. The number of benzene rings is 2. The molecular formula is C21H23Cl3N2O2. The number of nitrogens with one attached hydrogen (secondary N) is 1. The summed E-state index contributed by atoms with van der Waals surface area (Å²) >= 11 is 18.1. The van der Waals surface area contributed by atoms with Crippen LogP contribution >= 0.6 is 34.8 Å². The zero-order valence-electron chi connectivity index (χ0n) is 16.0. The Bertz CT molecular complexity index is 855. The number of amides is 2. The van der Waals surface area contributed by atoms with Crippen molar-refractivity contribution >= 4 is 46.6 Å². The predicted molar refractivity (Wildman–Crippen MR) is 115 cm³/mol. The van der Waals surface area contributed by atoms with Crippen LogP contribution in [-0.4, -0.2) is 28.8 Å². The Morgan fingerprint density at radius 2 is 1.68 bits per heavy atom. The Morgan fingerprint density at radius 1 is 0.964 bits per heavy atom. The van der Waals surface area contributed by atoms with Gasteiger partial charge in [0.05, 0.1) is 16.5 Å². The second-order valence-corrected chi connectivity index (χ2v) is 8.17. The van der Waals surface area contributed by atoms with Crippen LogP contribution in [0.5, 0.6) is 0 Å². The molecule has 150 valence electrons. The molecule has 0 aliphatic heterocycles. The zero-order valence-corrected chi connectivity index (χ0v) is 18.3. The third kappa shape index (κ3) is 6.40. The number of carbonyl (C=O) groups excluding carboxylic acids is 2. The Morgan fingerprint density at radius 3 is 2.29 bits per heavy atom. The van der Waals surface area contributed by atoms with E-state index in [-0.39, 0.29) is 30.8 Å². The molecular weight excluding hydrogens is 419 g/mol. The zero-order chi connectivity index (χ0) is 20.8. The van der Waals surface area contributed by atoms with Gasteiger partial charge in [0.1, 0.15) is 6.04 Å². The van der Waals surface area contributed by atoms with Crippen molar-refractivity contribution in [3.63, 3.8) is 0 Å². The normalized spacial score (nSPS) is 12.0. The fourth-order valence-corrected chi connectivity index (χ4v) is 3.28. The van der Waals surface area contributed by atoms with E-state index in [1.54, 1.807) is 42.2 Å². The monoisotopic (exact) mass is 440 g/mol. The molecule has 0 radical (unpaired) electrons. The second kappa shape index (κ2) is 10.1. The minimum Gasteiger partial charge on any atom is -0.352 e. The summed E-state index contributed by atoms with van der Waals surface area (Å²) in [6.07, 6.45) is 0.108. The molecule has 0 fully saturated rings. The van der Waals surface area contributed by atoms with Gasteiger partial charge < -0.3 is 10.2 Å². The van der Waals surface area contributed by atoms with Gasteiger partial charge in [0.15, 0.2) is 0 Å². The molecule has 0 aliphatic carbocycles. The van der Waals surface area contributed by atoms with Crippen molar-refractivity contribution < 1.29 is 9.59 Å². The number of halogens is 3. The van der Waals surface area contributed by atoms with Crippen LogP contribution in [0.3, 0.4) is 0 Å². The molecule has 2 aromatic carbocycles. The van der Waals surface area contributed by atoms with Gasteiger partial charge in [-0.3, -0.25) is 9.59 Å². The topological polar surface area (TPSA) is 49.4 Å². The summed E-state index contributed by atoms with van der Waals surface area (Å²) in [7, 11) is 0. The van der Waals surface area contributed by atoms with Gasteiger partial charge in [-0.2, -0.15) is 0 Å². The molecule has 1 N–H and O–H groups in total. The van der Waals surface area contributed by atoms with Gasteiger partial charge in [0.2, 0.25) is 11.8 Å². The highest BCUT2D eigenvalue weighted by Crippen LogP contribution is 2.23. The summed E-state index contributed by atoms with van der Waals surface area (Å²) in [5.74, 6) is -0.399. The smallest absolute Gasteiger partial charge is 0.242 e. The van der Waals surface area contributed by atoms with Gasteiger partial charge in [-0.05, 0) is 56.2 Å². The number of hydrogen-bond acceptors (Lipinski definition) is 2. The molecule has 0 saturated heterocycles. The molecule has 4 nitrogen and oxygen atoms in total. The maximum absolute atomic E-state index is 13.1. The summed E-state index contributed by atoms with van der Waals surface area (Å²) in [4.78, 5) is 27.2. The van der Waals surface area contributed by atoms with Crippen molar-refractivity contribution in [1.82, 2.24) is 10.2 Å². The lowest BCUT2D eigenvalue weighted by Crippen LogP contribution is -2.49. The molecule has 2 aromatic rings. The maximum Gasteiger partial charge on any atom is 0.242 e. The third-order valence-corrected chi connectivity index (χ3v) is 5.15. The Labute approximate surface area is 180 Å². The molecule has 0 aliphatic rings. The summed E-state index contributed by atoms with van der Waals surface area (Å²) < 4.78 is 0. The van der Waals surface area contributed by atoms with E-state index in [0.29, 0.717) is 15.1 Å². The molecule has 0 saturated carbocycles. The van der Waals surface area contributed by atoms with Crippen LogP contribution in [0.25, 0.3) is 0 Å². The van der Waals surface area contributed by atoms with Crippen molar-refractivity contribution in [3.8, 4) is 0 Å². The fraction of sp³-hybridized carbons (Fsp3) is 0.333. The summed E-state index contributed by atoms with van der Waals surface area (Å²) in [5, 5.41) is 4.25. The van der Waals surface area contributed by atoms with Crippen molar-refractivity contribution in [2.45, 2.75) is 45.8 Å². The van der Waals surface area contributed by atoms with Crippen molar-refractivity contribution in [1.29, 1.82) is 0 Å². The largest absolute Gasteiger partial charge is 0.352 e. The van der Waals surface area contributed by atoms with E-state index in [4.69, 9.17) is 34.8 Å². The number of nitrogens with zero attached hydrogens (tertiary/aromatic N) is 1. The standard InChI is InChI=1S/C21H23Cl3N2O2/c1-13(2)25-21(28)14(3)26(12-16-5-4-6-17(22)9-16)20(27)11-15-7-8-18(23)19(24)10-15/h4-10,13-14H,11-12H2,1-3H3,(H,25,28)/t14-/m1/s1. The van der Waals surface area contributed by atoms with Crippen molar-refractivity contribution in [3.05, 3.63) is 68.7 Å². The van der Waals surface area contributed by atoms with Crippen LogP contribution in [0.4, 0.5) is 0 Å². The lowest BCUT2D eigenvalue weighted by Gasteiger charge is -2.29. The molecule has 0 aromatic heterocycles. The quantitative estimate of drug-likeness (QED) is 0.647. The first-order chi connectivity index (χ1) is 13.2. The average molecular weight is 442 g/mol. The molecule has 2 rings (SSSR count). The summed E-state index contributed by atoms with van der Waals surface area (Å²) in [5.41, 5.74) is 1.58. The lowest BCUT2D eigenvalue weighted by molar-refractivity contribution is -0.140. The highest BCUT2D eigenvalue weighted by molar-refractivity contribution is 6.42. The molecule has 0 unspecified atom stereocenters. The summed E-state index contributed by atoms with van der Waals surface area (Å²) in [6, 6.07) is 11.7. The lowest BCUT2D eigenvalue weighted by atomic mass is 10.1. The van der Waals surface area contributed by atoms with Crippen molar-refractivity contribution in [2.24, 2.45) is 0 Å². The van der Waals surface area contributed by atoms with Crippen LogP contribution < -0.4 is 5.32 Å². The van der Waals surface area contributed by atoms with Gasteiger partial charge in [0.25, 0.3) is 0 Å².